The third kappa shape index (κ3) is 3.30. The third-order valence-corrected chi connectivity index (χ3v) is 3.47. The molecule has 1 amide bonds. The van der Waals surface area contributed by atoms with Gasteiger partial charge in [0.05, 0.1) is 23.7 Å². The summed E-state index contributed by atoms with van der Waals surface area (Å²) in [6, 6.07) is 4.48. The fraction of sp³-hybridized carbons (Fsp3) is 0.500. The second kappa shape index (κ2) is 6.09. The Hall–Kier alpha value is -2.15. The van der Waals surface area contributed by atoms with Gasteiger partial charge in [-0.3, -0.25) is 14.9 Å². The van der Waals surface area contributed by atoms with Crippen molar-refractivity contribution in [3.63, 3.8) is 0 Å². The van der Waals surface area contributed by atoms with Crippen LogP contribution in [0, 0.1) is 10.1 Å². The molecule has 1 aliphatic rings. The molecular weight excluding hydrogens is 274 g/mol. The van der Waals surface area contributed by atoms with Gasteiger partial charge in [-0.2, -0.15) is 0 Å². The predicted molar refractivity (Wildman–Crippen MR) is 77.6 cm³/mol. The zero-order valence-electron chi connectivity index (χ0n) is 12.3. The number of ether oxygens (including phenoxy) is 1. The van der Waals surface area contributed by atoms with Crippen molar-refractivity contribution >= 4 is 11.6 Å². The molecule has 0 radical (unpaired) electrons. The van der Waals surface area contributed by atoms with Gasteiger partial charge in [-0.15, -0.1) is 0 Å². The van der Waals surface area contributed by atoms with Crippen molar-refractivity contribution in [1.29, 1.82) is 0 Å². The number of benzene rings is 1. The van der Waals surface area contributed by atoms with Gasteiger partial charge in [0.1, 0.15) is 5.75 Å². The number of hydrogen-bond acceptors (Lipinski definition) is 5. The van der Waals surface area contributed by atoms with Crippen molar-refractivity contribution in [3.8, 4) is 5.75 Å². The van der Waals surface area contributed by atoms with Crippen molar-refractivity contribution in [3.05, 3.63) is 33.9 Å². The van der Waals surface area contributed by atoms with Gasteiger partial charge in [-0.1, -0.05) is 0 Å². The molecule has 1 saturated heterocycles. The number of carbonyl (C=O) groups is 1. The molecule has 1 fully saturated rings. The van der Waals surface area contributed by atoms with E-state index in [9.17, 15) is 14.9 Å². The maximum Gasteiger partial charge on any atom is 0.273 e. The van der Waals surface area contributed by atoms with Crippen LogP contribution >= 0.6 is 0 Å². The van der Waals surface area contributed by atoms with Crippen LogP contribution in [-0.4, -0.2) is 48.0 Å². The van der Waals surface area contributed by atoms with Gasteiger partial charge in [0.25, 0.3) is 11.6 Å². The summed E-state index contributed by atoms with van der Waals surface area (Å²) in [5.41, 5.74) is 0.259. The Morgan fingerprint density at radius 1 is 1.38 bits per heavy atom. The van der Waals surface area contributed by atoms with E-state index in [1.165, 1.54) is 25.3 Å². The van der Waals surface area contributed by atoms with Crippen molar-refractivity contribution in [2.24, 2.45) is 0 Å². The topological polar surface area (TPSA) is 84.7 Å². The number of nitrogens with zero attached hydrogens (tertiary/aromatic N) is 2. The fourth-order valence-electron chi connectivity index (χ4n) is 2.63. The summed E-state index contributed by atoms with van der Waals surface area (Å²) in [7, 11) is 1.40. The highest BCUT2D eigenvalue weighted by atomic mass is 16.6. The lowest BCUT2D eigenvalue weighted by molar-refractivity contribution is -0.384. The number of non-ortho nitro benzene ring substituents is 1. The van der Waals surface area contributed by atoms with E-state index >= 15 is 0 Å². The minimum Gasteiger partial charge on any atom is -0.496 e. The first-order valence-corrected chi connectivity index (χ1v) is 6.80. The largest absolute Gasteiger partial charge is 0.496 e. The van der Waals surface area contributed by atoms with Crippen LogP contribution in [0.2, 0.25) is 0 Å². The minimum atomic E-state index is -0.508. The maximum absolute atomic E-state index is 12.6. The van der Waals surface area contributed by atoms with Gasteiger partial charge in [0.2, 0.25) is 0 Å². The SMILES string of the molecule is COc1cc([N+](=O)[O-])ccc1C(=O)N1CC(C)NC(C)C1. The number of methoxy groups -OCH3 is 1. The van der Waals surface area contributed by atoms with E-state index in [1.54, 1.807) is 4.90 Å². The zero-order valence-corrected chi connectivity index (χ0v) is 12.3. The molecule has 0 aromatic heterocycles. The van der Waals surface area contributed by atoms with Crippen LogP contribution in [0.25, 0.3) is 0 Å². The van der Waals surface area contributed by atoms with Crippen LogP contribution in [0.1, 0.15) is 24.2 Å². The highest BCUT2D eigenvalue weighted by molar-refractivity contribution is 5.97. The fourth-order valence-corrected chi connectivity index (χ4v) is 2.63. The summed E-state index contributed by atoms with van der Waals surface area (Å²) in [6.45, 7) is 5.23. The number of nitrogens with one attached hydrogen (secondary N) is 1. The summed E-state index contributed by atoms with van der Waals surface area (Å²) in [5, 5.41) is 14.1. The highest BCUT2D eigenvalue weighted by Crippen LogP contribution is 2.26. The first kappa shape index (κ1) is 15.2. The average molecular weight is 293 g/mol. The van der Waals surface area contributed by atoms with E-state index in [0.29, 0.717) is 18.7 Å². The first-order chi connectivity index (χ1) is 9.92. The van der Waals surface area contributed by atoms with Crippen LogP contribution in [0.15, 0.2) is 18.2 Å². The molecule has 7 heteroatoms. The molecule has 7 nitrogen and oxygen atoms in total. The summed E-state index contributed by atoms with van der Waals surface area (Å²) >= 11 is 0. The number of nitro benzene ring substituents is 1. The van der Waals surface area contributed by atoms with Gasteiger partial charge in [0.15, 0.2) is 0 Å². The van der Waals surface area contributed by atoms with Crippen LogP contribution in [0.5, 0.6) is 5.75 Å². The Bertz CT molecular complexity index is 551. The Morgan fingerprint density at radius 2 is 2.00 bits per heavy atom. The number of hydrogen-bond donors (Lipinski definition) is 1. The number of carbonyl (C=O) groups excluding carboxylic acids is 1. The molecule has 1 aromatic carbocycles. The normalized spacial score (nSPS) is 22.0. The molecular formula is C14H19N3O4. The summed E-state index contributed by atoms with van der Waals surface area (Å²) < 4.78 is 5.13. The lowest BCUT2D eigenvalue weighted by Gasteiger charge is -2.36. The summed E-state index contributed by atoms with van der Waals surface area (Å²) in [6.07, 6.45) is 0. The zero-order chi connectivity index (χ0) is 15.6. The molecule has 0 bridgehead atoms. The molecule has 0 saturated carbocycles. The molecule has 1 aromatic rings. The molecule has 0 spiro atoms. The average Bonchev–Trinajstić information content (AvgIpc) is 2.44. The Balaban J connectivity index is 2.28. The van der Waals surface area contributed by atoms with Gasteiger partial charge < -0.3 is 15.0 Å². The second-order valence-electron chi connectivity index (χ2n) is 5.32. The Morgan fingerprint density at radius 3 is 2.52 bits per heavy atom. The van der Waals surface area contributed by atoms with E-state index in [0.717, 1.165) is 0 Å². The van der Waals surface area contributed by atoms with E-state index in [1.807, 2.05) is 13.8 Å². The quantitative estimate of drug-likeness (QED) is 0.673. The number of rotatable bonds is 3. The van der Waals surface area contributed by atoms with Gasteiger partial charge in [-0.05, 0) is 19.9 Å². The van der Waals surface area contributed by atoms with Crippen LogP contribution in [0.3, 0.4) is 0 Å². The molecule has 2 atom stereocenters. The lowest BCUT2D eigenvalue weighted by atomic mass is 10.1. The van der Waals surface area contributed by atoms with Gasteiger partial charge in [0, 0.05) is 31.2 Å². The standard InChI is InChI=1S/C14H19N3O4/c1-9-7-16(8-10(2)15-9)14(18)12-5-4-11(17(19)20)6-13(12)21-3/h4-6,9-10,15H,7-8H2,1-3H3. The van der Waals surface area contributed by atoms with E-state index in [2.05, 4.69) is 5.32 Å². The van der Waals surface area contributed by atoms with Gasteiger partial charge in [-0.25, -0.2) is 0 Å². The van der Waals surface area contributed by atoms with Crippen LogP contribution in [-0.2, 0) is 0 Å². The number of amides is 1. The number of piperazine rings is 1. The van der Waals surface area contributed by atoms with E-state index in [4.69, 9.17) is 4.74 Å². The van der Waals surface area contributed by atoms with Crippen LogP contribution < -0.4 is 10.1 Å². The summed E-state index contributed by atoms with van der Waals surface area (Å²) in [5.74, 6) is 0.0648. The van der Waals surface area contributed by atoms with Crippen molar-refractivity contribution in [1.82, 2.24) is 10.2 Å². The first-order valence-electron chi connectivity index (χ1n) is 6.80. The van der Waals surface area contributed by atoms with Crippen LogP contribution in [0.4, 0.5) is 5.69 Å². The Kier molecular flexibility index (Phi) is 4.42. The molecule has 1 N–H and O–H groups in total. The lowest BCUT2D eigenvalue weighted by Crippen LogP contribution is -2.55. The molecule has 2 rings (SSSR count). The Labute approximate surface area is 123 Å². The van der Waals surface area contributed by atoms with E-state index in [-0.39, 0.29) is 29.4 Å². The molecule has 114 valence electrons. The molecule has 2 unspecified atom stereocenters. The molecule has 1 heterocycles. The van der Waals surface area contributed by atoms with Crippen molar-refractivity contribution in [2.75, 3.05) is 20.2 Å². The maximum atomic E-state index is 12.6. The van der Waals surface area contributed by atoms with Gasteiger partial charge >= 0.3 is 0 Å². The molecule has 0 aliphatic carbocycles. The third-order valence-electron chi connectivity index (χ3n) is 3.47. The summed E-state index contributed by atoms with van der Waals surface area (Å²) in [4.78, 5) is 24.6. The monoisotopic (exact) mass is 293 g/mol. The minimum absolute atomic E-state index is 0.0922. The van der Waals surface area contributed by atoms with E-state index < -0.39 is 4.92 Å². The second-order valence-corrected chi connectivity index (χ2v) is 5.32. The molecule has 1 aliphatic heterocycles. The number of nitro groups is 1. The molecule has 21 heavy (non-hydrogen) atoms. The predicted octanol–water partition coefficient (Wildman–Crippen LogP) is 1.43. The highest BCUT2D eigenvalue weighted by Gasteiger charge is 2.27. The van der Waals surface area contributed by atoms with Crippen molar-refractivity contribution < 1.29 is 14.5 Å². The van der Waals surface area contributed by atoms with Crippen molar-refractivity contribution in [2.45, 2.75) is 25.9 Å². The smallest absolute Gasteiger partial charge is 0.273 e.